The number of benzene rings is 2. The van der Waals surface area contributed by atoms with Crippen LogP contribution in [0.2, 0.25) is 0 Å². The van der Waals surface area contributed by atoms with Gasteiger partial charge in [-0.05, 0) is 28.7 Å². The summed E-state index contributed by atoms with van der Waals surface area (Å²) in [6.45, 7) is 2.11. The Hall–Kier alpha value is -3.39. The molecule has 2 aromatic carbocycles. The lowest BCUT2D eigenvalue weighted by atomic mass is 9.98. The largest absolute Gasteiger partial charge is 0.479 e. The molecule has 33 heavy (non-hydrogen) atoms. The van der Waals surface area contributed by atoms with E-state index in [1.165, 1.54) is 0 Å². The van der Waals surface area contributed by atoms with E-state index < -0.39 is 30.1 Å². The number of alkyl carbamates (subject to hydrolysis) is 1. The van der Waals surface area contributed by atoms with Crippen LogP contribution < -0.4 is 10.6 Å². The molecule has 0 spiro atoms. The summed E-state index contributed by atoms with van der Waals surface area (Å²) >= 11 is 0. The van der Waals surface area contributed by atoms with Crippen molar-refractivity contribution in [2.75, 3.05) is 13.2 Å². The molecule has 4 N–H and O–H groups in total. The van der Waals surface area contributed by atoms with Crippen molar-refractivity contribution in [1.82, 2.24) is 10.6 Å². The summed E-state index contributed by atoms with van der Waals surface area (Å²) in [7, 11) is 0. The van der Waals surface area contributed by atoms with E-state index >= 15 is 0 Å². The van der Waals surface area contributed by atoms with Crippen LogP contribution in [0.3, 0.4) is 0 Å². The lowest BCUT2D eigenvalue weighted by Crippen LogP contribution is -2.47. The van der Waals surface area contributed by atoms with Crippen LogP contribution in [0, 0.1) is 0 Å². The van der Waals surface area contributed by atoms with Gasteiger partial charge in [-0.3, -0.25) is 4.79 Å². The highest BCUT2D eigenvalue weighted by atomic mass is 16.5. The third-order valence-electron chi connectivity index (χ3n) is 5.80. The molecule has 2 aromatic rings. The number of fused-ring (bicyclic) bond motifs is 3. The molecule has 0 fully saturated rings. The van der Waals surface area contributed by atoms with Crippen molar-refractivity contribution in [3.05, 3.63) is 59.7 Å². The molecule has 0 heterocycles. The van der Waals surface area contributed by atoms with Gasteiger partial charge in [0.25, 0.3) is 0 Å². The maximum absolute atomic E-state index is 12.5. The summed E-state index contributed by atoms with van der Waals surface area (Å²) in [5, 5.41) is 23.3. The monoisotopic (exact) mass is 454 g/mol. The van der Waals surface area contributed by atoms with E-state index in [0.29, 0.717) is 6.42 Å². The van der Waals surface area contributed by atoms with Gasteiger partial charge in [0.1, 0.15) is 12.6 Å². The van der Waals surface area contributed by atoms with Crippen molar-refractivity contribution in [3.63, 3.8) is 0 Å². The number of aliphatic hydroxyl groups is 1. The average Bonchev–Trinajstić information content (AvgIpc) is 3.13. The van der Waals surface area contributed by atoms with Crippen molar-refractivity contribution in [1.29, 1.82) is 0 Å². The lowest BCUT2D eigenvalue weighted by molar-refractivity contribution is -0.147. The maximum atomic E-state index is 12.5. The third kappa shape index (κ3) is 6.10. The summed E-state index contributed by atoms with van der Waals surface area (Å²) in [6.07, 6.45) is -0.360. The second-order valence-corrected chi connectivity index (χ2v) is 8.10. The first-order valence-corrected chi connectivity index (χ1v) is 11.2. The van der Waals surface area contributed by atoms with Gasteiger partial charge in [0.2, 0.25) is 5.91 Å². The molecule has 0 radical (unpaired) electrons. The van der Waals surface area contributed by atoms with Crippen LogP contribution in [-0.2, 0) is 14.3 Å². The fourth-order valence-electron chi connectivity index (χ4n) is 4.04. The van der Waals surface area contributed by atoms with E-state index in [2.05, 4.69) is 22.8 Å². The summed E-state index contributed by atoms with van der Waals surface area (Å²) in [4.78, 5) is 35.7. The first kappa shape index (κ1) is 24.3. The lowest BCUT2D eigenvalue weighted by Gasteiger charge is -2.20. The number of ether oxygens (including phenoxy) is 1. The zero-order valence-electron chi connectivity index (χ0n) is 18.6. The number of carbonyl (C=O) groups is 3. The Morgan fingerprint density at radius 1 is 1.00 bits per heavy atom. The summed E-state index contributed by atoms with van der Waals surface area (Å²) in [6, 6.07) is 15.3. The minimum Gasteiger partial charge on any atom is -0.479 e. The fourth-order valence-corrected chi connectivity index (χ4v) is 4.04. The Bertz CT molecular complexity index is 947. The van der Waals surface area contributed by atoms with Crippen LogP contribution in [0.25, 0.3) is 11.1 Å². The quantitative estimate of drug-likeness (QED) is 0.414. The molecule has 3 rings (SSSR count). The molecular weight excluding hydrogens is 424 g/mol. The van der Waals surface area contributed by atoms with Gasteiger partial charge in [0.15, 0.2) is 6.10 Å². The predicted octanol–water partition coefficient (Wildman–Crippen LogP) is 3.04. The highest BCUT2D eigenvalue weighted by molar-refractivity contribution is 5.85. The smallest absolute Gasteiger partial charge is 0.407 e. The number of hydrogen-bond donors (Lipinski definition) is 4. The number of carbonyl (C=O) groups excluding carboxylic acids is 2. The summed E-state index contributed by atoms with van der Waals surface area (Å²) < 4.78 is 5.53. The molecular formula is C25H30N2O6. The number of carboxylic acids is 1. The van der Waals surface area contributed by atoms with E-state index in [1.807, 2.05) is 43.3 Å². The van der Waals surface area contributed by atoms with Crippen molar-refractivity contribution in [2.45, 2.75) is 50.7 Å². The zero-order valence-corrected chi connectivity index (χ0v) is 18.6. The normalized spacial score (nSPS) is 14.0. The number of amides is 2. The van der Waals surface area contributed by atoms with Crippen molar-refractivity contribution in [2.24, 2.45) is 0 Å². The van der Waals surface area contributed by atoms with Crippen molar-refractivity contribution < 1.29 is 29.3 Å². The molecule has 8 heteroatoms. The number of hydrogen-bond acceptors (Lipinski definition) is 5. The molecule has 1 aliphatic carbocycles. The van der Waals surface area contributed by atoms with Gasteiger partial charge in [0.05, 0.1) is 0 Å². The van der Waals surface area contributed by atoms with Crippen LogP contribution >= 0.6 is 0 Å². The first-order valence-electron chi connectivity index (χ1n) is 11.2. The average molecular weight is 455 g/mol. The van der Waals surface area contributed by atoms with Crippen LogP contribution in [0.1, 0.15) is 49.7 Å². The van der Waals surface area contributed by atoms with Gasteiger partial charge in [-0.25, -0.2) is 9.59 Å². The topological polar surface area (TPSA) is 125 Å². The Morgan fingerprint density at radius 2 is 1.61 bits per heavy atom. The molecule has 0 saturated heterocycles. The van der Waals surface area contributed by atoms with Crippen LogP contribution in [0.5, 0.6) is 0 Å². The molecule has 0 saturated carbocycles. The van der Waals surface area contributed by atoms with Crippen molar-refractivity contribution >= 4 is 18.0 Å². The van der Waals surface area contributed by atoms with E-state index in [9.17, 15) is 19.5 Å². The number of nitrogens with one attached hydrogen (secondary N) is 2. The highest BCUT2D eigenvalue weighted by Crippen LogP contribution is 2.44. The Morgan fingerprint density at radius 3 is 2.18 bits per heavy atom. The molecule has 2 atom stereocenters. The van der Waals surface area contributed by atoms with Gasteiger partial charge >= 0.3 is 12.1 Å². The Kier molecular flexibility index (Phi) is 8.43. The van der Waals surface area contributed by atoms with E-state index in [-0.39, 0.29) is 25.5 Å². The number of unbranched alkanes of at least 4 members (excludes halogenated alkanes) is 1. The molecule has 2 unspecified atom stereocenters. The zero-order chi connectivity index (χ0) is 23.8. The van der Waals surface area contributed by atoms with Gasteiger partial charge in [-0.1, -0.05) is 68.3 Å². The third-order valence-corrected chi connectivity index (χ3v) is 5.80. The number of aliphatic hydroxyl groups excluding tert-OH is 1. The number of rotatable bonds is 11. The Balaban J connectivity index is 1.58. The second kappa shape index (κ2) is 11.5. The summed E-state index contributed by atoms with van der Waals surface area (Å²) in [5.41, 5.74) is 4.46. The second-order valence-electron chi connectivity index (χ2n) is 8.10. The first-order chi connectivity index (χ1) is 15.9. The molecule has 0 aliphatic heterocycles. The van der Waals surface area contributed by atoms with Crippen LogP contribution in [0.15, 0.2) is 48.5 Å². The van der Waals surface area contributed by atoms with E-state index in [4.69, 9.17) is 9.84 Å². The van der Waals surface area contributed by atoms with Crippen molar-refractivity contribution in [3.8, 4) is 11.1 Å². The van der Waals surface area contributed by atoms with Gasteiger partial charge in [-0.2, -0.15) is 0 Å². The molecule has 8 nitrogen and oxygen atoms in total. The Labute approximate surface area is 193 Å². The standard InChI is InChI=1S/C25H30N2O6/c1-2-3-12-21(23(29)26-14-13-22(28)24(30)31)27-25(32)33-15-20-18-10-6-4-8-16(18)17-9-5-7-11-19(17)20/h4-11,20-22,28H,2-3,12-15H2,1H3,(H,26,29)(H,27,32)(H,30,31). The molecule has 2 amide bonds. The van der Waals surface area contributed by atoms with Gasteiger partial charge < -0.3 is 25.6 Å². The molecule has 0 aromatic heterocycles. The highest BCUT2D eigenvalue weighted by Gasteiger charge is 2.29. The van der Waals surface area contributed by atoms with E-state index in [1.54, 1.807) is 0 Å². The molecule has 0 bridgehead atoms. The number of aliphatic carboxylic acids is 1. The minimum absolute atomic E-state index is 0.0126. The molecule has 1 aliphatic rings. The van der Waals surface area contributed by atoms with Crippen LogP contribution in [0.4, 0.5) is 4.79 Å². The number of carboxylic acid groups (broad SMARTS) is 1. The fraction of sp³-hybridized carbons (Fsp3) is 0.400. The SMILES string of the molecule is CCCCC(NC(=O)OCC1c2ccccc2-c2ccccc21)C(=O)NCCC(O)C(=O)O. The van der Waals surface area contributed by atoms with Gasteiger partial charge in [-0.15, -0.1) is 0 Å². The van der Waals surface area contributed by atoms with Gasteiger partial charge in [0, 0.05) is 18.9 Å². The summed E-state index contributed by atoms with van der Waals surface area (Å²) in [5.74, 6) is -1.86. The minimum atomic E-state index is -1.55. The molecule has 176 valence electrons. The van der Waals surface area contributed by atoms with Crippen LogP contribution in [-0.4, -0.2) is 53.5 Å². The van der Waals surface area contributed by atoms with E-state index in [0.717, 1.165) is 35.1 Å². The maximum Gasteiger partial charge on any atom is 0.407 e. The predicted molar refractivity (Wildman–Crippen MR) is 123 cm³/mol.